The Labute approximate surface area is 257 Å². The molecule has 0 saturated heterocycles. The Morgan fingerprint density at radius 3 is 1.74 bits per heavy atom. The molecule has 0 saturated carbocycles. The van der Waals surface area contributed by atoms with E-state index in [1.165, 1.54) is 5.56 Å². The summed E-state index contributed by atoms with van der Waals surface area (Å²) in [4.78, 5) is 0. The van der Waals surface area contributed by atoms with Crippen molar-refractivity contribution in [2.24, 2.45) is 0 Å². The van der Waals surface area contributed by atoms with Crippen molar-refractivity contribution in [2.45, 2.75) is 0 Å². The average molecular weight is 553 g/mol. The van der Waals surface area contributed by atoms with Gasteiger partial charge in [0, 0.05) is 16.3 Å². The SMILES string of the molecule is [2H]c1c([2H])c([2H])c2c(c1[2H])c([2H])c([2H])c1oc3c(-c4ccccc4-c4c5ccccc5c(-c5ccccc5)c5ccccc45)cccc3c12. The van der Waals surface area contributed by atoms with Crippen LogP contribution >= 0.6 is 0 Å². The summed E-state index contributed by atoms with van der Waals surface area (Å²) in [5, 5.41) is 5.76. The Balaban J connectivity index is 1.40. The van der Waals surface area contributed by atoms with Crippen molar-refractivity contribution in [3.63, 3.8) is 0 Å². The fraction of sp³-hybridized carbons (Fsp3) is 0. The first-order chi connectivity index (χ1) is 23.9. The standard InChI is InChI=1S/C42H26O/c1-2-14-28(15-3-1)39-32-19-8-10-21-34(32)40(35-22-11-9-20-33(35)39)31-18-7-6-17-30(31)36-23-12-24-37-41-29-16-5-4-13-27(29)25-26-38(41)43-42(36)37/h1-26H/i4D,5D,13D,16D,25D,26D. The molecule has 43 heavy (non-hydrogen) atoms. The summed E-state index contributed by atoms with van der Waals surface area (Å²) in [6.07, 6.45) is 0. The number of rotatable bonds is 3. The first-order valence-electron chi connectivity index (χ1n) is 17.3. The zero-order valence-electron chi connectivity index (χ0n) is 29.0. The second kappa shape index (κ2) is 9.44. The summed E-state index contributed by atoms with van der Waals surface area (Å²) < 4.78 is 58.2. The molecule has 0 aliphatic carbocycles. The van der Waals surface area contributed by atoms with Gasteiger partial charge in [-0.2, -0.15) is 0 Å². The summed E-state index contributed by atoms with van der Waals surface area (Å²) in [7, 11) is 0. The molecule has 1 heteroatoms. The van der Waals surface area contributed by atoms with Crippen LogP contribution in [0.3, 0.4) is 0 Å². The molecule has 200 valence electrons. The third kappa shape index (κ3) is 3.58. The highest BCUT2D eigenvalue weighted by Gasteiger charge is 2.21. The van der Waals surface area contributed by atoms with E-state index in [0.29, 0.717) is 16.4 Å². The van der Waals surface area contributed by atoms with Crippen LogP contribution in [0.25, 0.3) is 87.6 Å². The van der Waals surface area contributed by atoms with Crippen LogP contribution in [0, 0.1) is 0 Å². The van der Waals surface area contributed by atoms with E-state index in [-0.39, 0.29) is 46.6 Å². The monoisotopic (exact) mass is 552 g/mol. The molecule has 1 heterocycles. The van der Waals surface area contributed by atoms with E-state index in [4.69, 9.17) is 12.6 Å². The van der Waals surface area contributed by atoms with Crippen molar-refractivity contribution >= 4 is 54.3 Å². The van der Waals surface area contributed by atoms with Gasteiger partial charge in [-0.25, -0.2) is 0 Å². The summed E-state index contributed by atoms with van der Waals surface area (Å²) in [5.74, 6) is 0. The zero-order valence-corrected chi connectivity index (χ0v) is 23.0. The lowest BCUT2D eigenvalue weighted by molar-refractivity contribution is 0.670. The summed E-state index contributed by atoms with van der Waals surface area (Å²) in [6, 6.07) is 39.5. The Morgan fingerprint density at radius 2 is 1.00 bits per heavy atom. The normalized spacial score (nSPS) is 13.7. The van der Waals surface area contributed by atoms with E-state index < -0.39 is 6.04 Å². The minimum absolute atomic E-state index is 0.0217. The van der Waals surface area contributed by atoms with E-state index in [2.05, 4.69) is 84.9 Å². The Bertz CT molecular complexity index is 2780. The van der Waals surface area contributed by atoms with E-state index in [9.17, 15) is 0 Å². The highest BCUT2D eigenvalue weighted by atomic mass is 16.3. The largest absolute Gasteiger partial charge is 0.455 e. The molecule has 0 atom stereocenters. The lowest BCUT2D eigenvalue weighted by atomic mass is 9.83. The molecule has 9 rings (SSSR count). The van der Waals surface area contributed by atoms with Gasteiger partial charge >= 0.3 is 0 Å². The van der Waals surface area contributed by atoms with Crippen LogP contribution in [0.2, 0.25) is 0 Å². The molecule has 1 nitrogen and oxygen atoms in total. The number of para-hydroxylation sites is 1. The third-order valence-electron chi connectivity index (χ3n) is 8.43. The lowest BCUT2D eigenvalue weighted by Gasteiger charge is -2.19. The lowest BCUT2D eigenvalue weighted by Crippen LogP contribution is -1.92. The van der Waals surface area contributed by atoms with E-state index >= 15 is 0 Å². The maximum absolute atomic E-state index is 8.88. The quantitative estimate of drug-likeness (QED) is 0.199. The van der Waals surface area contributed by atoms with Crippen LogP contribution < -0.4 is 0 Å². The first-order valence-corrected chi connectivity index (χ1v) is 14.3. The molecule has 0 N–H and O–H groups in total. The molecule has 8 aromatic carbocycles. The Hall–Kier alpha value is -5.66. The third-order valence-corrected chi connectivity index (χ3v) is 8.43. The number of benzene rings is 8. The number of furan rings is 1. The van der Waals surface area contributed by atoms with Crippen molar-refractivity contribution in [1.29, 1.82) is 0 Å². The highest BCUT2D eigenvalue weighted by Crippen LogP contribution is 2.47. The van der Waals surface area contributed by atoms with Crippen LogP contribution in [0.4, 0.5) is 0 Å². The van der Waals surface area contributed by atoms with Crippen molar-refractivity contribution in [1.82, 2.24) is 0 Å². The van der Waals surface area contributed by atoms with Crippen molar-refractivity contribution in [2.75, 3.05) is 0 Å². The fourth-order valence-corrected chi connectivity index (χ4v) is 6.65. The second-order valence-corrected chi connectivity index (χ2v) is 10.7. The van der Waals surface area contributed by atoms with Crippen LogP contribution in [0.1, 0.15) is 8.22 Å². The second-order valence-electron chi connectivity index (χ2n) is 10.7. The smallest absolute Gasteiger partial charge is 0.143 e. The molecule has 0 amide bonds. The van der Waals surface area contributed by atoms with E-state index in [0.717, 1.165) is 49.4 Å². The molecular formula is C42H26O. The van der Waals surface area contributed by atoms with E-state index in [1.807, 2.05) is 36.4 Å². The molecule has 0 fully saturated rings. The van der Waals surface area contributed by atoms with Gasteiger partial charge in [-0.1, -0.05) is 152 Å². The predicted octanol–water partition coefficient (Wildman–Crippen LogP) is 12.0. The molecule has 0 aliphatic heterocycles. The zero-order chi connectivity index (χ0) is 33.6. The Morgan fingerprint density at radius 1 is 0.419 bits per heavy atom. The fourth-order valence-electron chi connectivity index (χ4n) is 6.65. The van der Waals surface area contributed by atoms with Gasteiger partial charge in [0.25, 0.3) is 0 Å². The van der Waals surface area contributed by atoms with Gasteiger partial charge in [-0.05, 0) is 66.2 Å². The maximum Gasteiger partial charge on any atom is 0.143 e. The van der Waals surface area contributed by atoms with Crippen molar-refractivity contribution < 1.29 is 12.6 Å². The first kappa shape index (κ1) is 18.7. The van der Waals surface area contributed by atoms with Gasteiger partial charge in [0.15, 0.2) is 0 Å². The van der Waals surface area contributed by atoms with Crippen LogP contribution in [0.15, 0.2) is 162 Å². The highest BCUT2D eigenvalue weighted by molar-refractivity contribution is 6.24. The van der Waals surface area contributed by atoms with Crippen LogP contribution in [-0.4, -0.2) is 0 Å². The molecular weight excluding hydrogens is 520 g/mol. The molecule has 9 aromatic rings. The van der Waals surface area contributed by atoms with Gasteiger partial charge in [0.05, 0.1) is 8.22 Å². The van der Waals surface area contributed by atoms with Crippen LogP contribution in [0.5, 0.6) is 0 Å². The Kier molecular flexibility index (Phi) is 4.11. The topological polar surface area (TPSA) is 13.1 Å². The predicted molar refractivity (Wildman–Crippen MR) is 183 cm³/mol. The van der Waals surface area contributed by atoms with Crippen LogP contribution in [-0.2, 0) is 0 Å². The minimum Gasteiger partial charge on any atom is -0.455 e. The van der Waals surface area contributed by atoms with Gasteiger partial charge in [0.1, 0.15) is 11.2 Å². The molecule has 0 radical (unpaired) electrons. The summed E-state index contributed by atoms with van der Waals surface area (Å²) >= 11 is 0. The van der Waals surface area contributed by atoms with Crippen molar-refractivity contribution in [3.05, 3.63) is 158 Å². The number of fused-ring (bicyclic) bond motifs is 7. The summed E-state index contributed by atoms with van der Waals surface area (Å²) in [6.45, 7) is 0. The number of hydrogen-bond donors (Lipinski definition) is 0. The average Bonchev–Trinajstić information content (AvgIpc) is 3.54. The van der Waals surface area contributed by atoms with Gasteiger partial charge < -0.3 is 4.42 Å². The molecule has 0 unspecified atom stereocenters. The van der Waals surface area contributed by atoms with Gasteiger partial charge in [-0.15, -0.1) is 0 Å². The van der Waals surface area contributed by atoms with Crippen molar-refractivity contribution in [3.8, 4) is 33.4 Å². The van der Waals surface area contributed by atoms with Gasteiger partial charge in [0.2, 0.25) is 0 Å². The minimum atomic E-state index is -0.426. The summed E-state index contributed by atoms with van der Waals surface area (Å²) in [5.41, 5.74) is 6.73. The molecule has 0 bridgehead atoms. The number of hydrogen-bond acceptors (Lipinski definition) is 1. The molecule has 0 spiro atoms. The van der Waals surface area contributed by atoms with Gasteiger partial charge in [-0.3, -0.25) is 0 Å². The molecule has 0 aliphatic rings. The maximum atomic E-state index is 8.88. The van der Waals surface area contributed by atoms with E-state index in [1.54, 1.807) is 0 Å². The molecule has 1 aromatic heterocycles.